The van der Waals surface area contributed by atoms with Crippen LogP contribution in [0.2, 0.25) is 0 Å². The van der Waals surface area contributed by atoms with Gasteiger partial charge in [0, 0.05) is 24.6 Å². The molecule has 1 heterocycles. The van der Waals surface area contributed by atoms with Crippen LogP contribution in [0.5, 0.6) is 5.75 Å². The van der Waals surface area contributed by atoms with Crippen LogP contribution >= 0.6 is 0 Å². The van der Waals surface area contributed by atoms with Gasteiger partial charge in [-0.2, -0.15) is 4.99 Å². The van der Waals surface area contributed by atoms with E-state index in [-0.39, 0.29) is 35.4 Å². The molecule has 0 aromatic heterocycles. The summed E-state index contributed by atoms with van der Waals surface area (Å²) in [7, 11) is 1.60. The number of nitrogens with one attached hydrogen (secondary N) is 4. The number of ether oxygens (including phenoxy) is 1. The van der Waals surface area contributed by atoms with Gasteiger partial charge in [0.05, 0.1) is 13.3 Å². The van der Waals surface area contributed by atoms with Gasteiger partial charge in [-0.25, -0.2) is 19.6 Å². The number of hydrazine groups is 1. The van der Waals surface area contributed by atoms with Crippen LogP contribution in [0.25, 0.3) is 0 Å². The highest BCUT2D eigenvalue weighted by molar-refractivity contribution is 6.02. The van der Waals surface area contributed by atoms with Crippen molar-refractivity contribution in [2.24, 2.45) is 4.99 Å². The summed E-state index contributed by atoms with van der Waals surface area (Å²) >= 11 is 0. The summed E-state index contributed by atoms with van der Waals surface area (Å²) in [5.41, 5.74) is 8.84. The van der Waals surface area contributed by atoms with Gasteiger partial charge >= 0.3 is 0 Å². The molecule has 0 aliphatic carbocycles. The van der Waals surface area contributed by atoms with Gasteiger partial charge in [-0.3, -0.25) is 4.79 Å². The monoisotopic (exact) mass is 479 g/mol. The molecule has 2 unspecified atom stereocenters. The molecule has 0 radical (unpaired) electrons. The topological polar surface area (TPSA) is 86.8 Å². The molecule has 0 saturated carbocycles. The van der Waals surface area contributed by atoms with E-state index in [2.05, 4.69) is 26.5 Å². The molecule has 0 bridgehead atoms. The first-order valence-corrected chi connectivity index (χ1v) is 11.2. The number of rotatable bonds is 6. The van der Waals surface area contributed by atoms with E-state index >= 15 is 0 Å². The highest BCUT2D eigenvalue weighted by Gasteiger charge is 2.26. The van der Waals surface area contributed by atoms with E-state index in [0.717, 1.165) is 16.9 Å². The highest BCUT2D eigenvalue weighted by atomic mass is 19.1. The van der Waals surface area contributed by atoms with E-state index in [0.29, 0.717) is 18.5 Å². The van der Waals surface area contributed by atoms with Crippen molar-refractivity contribution in [3.63, 3.8) is 0 Å². The number of hydrogen-bond donors (Lipinski definition) is 4. The summed E-state index contributed by atoms with van der Waals surface area (Å²) < 4.78 is 32.2. The Kier molecular flexibility index (Phi) is 7.69. The fourth-order valence-corrected chi connectivity index (χ4v) is 3.76. The van der Waals surface area contributed by atoms with Crippen LogP contribution in [0.4, 0.5) is 8.78 Å². The van der Waals surface area contributed by atoms with Crippen molar-refractivity contribution >= 4 is 11.9 Å². The SMILES string of the molecule is COc1cccc(CN/C(=N/C(=O)c2ccc(F)c(C)c2)NC2CC(c3ccc(F)cc3)NN2)c1. The van der Waals surface area contributed by atoms with Gasteiger partial charge in [-0.05, 0) is 66.1 Å². The largest absolute Gasteiger partial charge is 0.497 e. The van der Waals surface area contributed by atoms with E-state index in [1.165, 1.54) is 30.3 Å². The van der Waals surface area contributed by atoms with Gasteiger partial charge in [0.1, 0.15) is 17.4 Å². The third-order valence-corrected chi connectivity index (χ3v) is 5.70. The summed E-state index contributed by atoms with van der Waals surface area (Å²) in [5, 5.41) is 6.39. The zero-order valence-electron chi connectivity index (χ0n) is 19.4. The molecular weight excluding hydrogens is 452 g/mol. The number of nitrogens with zero attached hydrogens (tertiary/aromatic N) is 1. The lowest BCUT2D eigenvalue weighted by Gasteiger charge is -2.17. The van der Waals surface area contributed by atoms with Crippen molar-refractivity contribution < 1.29 is 18.3 Å². The van der Waals surface area contributed by atoms with Crippen molar-refractivity contribution in [1.29, 1.82) is 0 Å². The zero-order valence-corrected chi connectivity index (χ0v) is 19.4. The standard InChI is InChI=1S/C26H27F2N5O2/c1-16-12-19(8-11-22(16)28)25(34)31-26(29-15-17-4-3-5-21(13-17)35-2)30-24-14-23(32-33-24)18-6-9-20(27)10-7-18/h3-13,23-24,32-33H,14-15H2,1-2H3,(H2,29,30,31,34). The zero-order chi connectivity index (χ0) is 24.8. The minimum Gasteiger partial charge on any atom is -0.497 e. The van der Waals surface area contributed by atoms with Crippen LogP contribution in [-0.2, 0) is 6.54 Å². The predicted octanol–water partition coefficient (Wildman–Crippen LogP) is 3.72. The number of carbonyl (C=O) groups excluding carboxylic acids is 1. The third kappa shape index (κ3) is 6.40. The Balaban J connectivity index is 1.49. The van der Waals surface area contributed by atoms with Gasteiger partial charge < -0.3 is 15.4 Å². The van der Waals surface area contributed by atoms with E-state index < -0.39 is 5.91 Å². The van der Waals surface area contributed by atoms with Crippen LogP contribution in [0.1, 0.15) is 39.5 Å². The number of carbonyl (C=O) groups is 1. The fourth-order valence-electron chi connectivity index (χ4n) is 3.76. The van der Waals surface area contributed by atoms with Crippen LogP contribution in [-0.4, -0.2) is 25.1 Å². The molecule has 182 valence electrons. The Morgan fingerprint density at radius 1 is 1.09 bits per heavy atom. The normalized spacial score (nSPS) is 17.8. The lowest BCUT2D eigenvalue weighted by atomic mass is 10.0. The molecule has 1 aliphatic heterocycles. The molecule has 9 heteroatoms. The maximum Gasteiger partial charge on any atom is 0.280 e. The quantitative estimate of drug-likeness (QED) is 0.319. The molecule has 1 aliphatic rings. The summed E-state index contributed by atoms with van der Waals surface area (Å²) in [6.45, 7) is 1.99. The Hall–Kier alpha value is -3.82. The fraction of sp³-hybridized carbons (Fsp3) is 0.231. The number of aliphatic imine (C=N–C) groups is 1. The van der Waals surface area contributed by atoms with Gasteiger partial charge in [-0.1, -0.05) is 24.3 Å². The van der Waals surface area contributed by atoms with Crippen LogP contribution < -0.4 is 26.2 Å². The second-order valence-electron chi connectivity index (χ2n) is 8.26. The molecule has 1 saturated heterocycles. The molecule has 1 amide bonds. The van der Waals surface area contributed by atoms with Crippen molar-refractivity contribution in [1.82, 2.24) is 21.5 Å². The van der Waals surface area contributed by atoms with E-state index in [1.54, 1.807) is 26.2 Å². The maximum absolute atomic E-state index is 13.6. The van der Waals surface area contributed by atoms with E-state index in [4.69, 9.17) is 4.74 Å². The molecule has 3 aromatic carbocycles. The average Bonchev–Trinajstić information content (AvgIpc) is 3.33. The number of amides is 1. The number of guanidine groups is 1. The Bertz CT molecular complexity index is 1220. The van der Waals surface area contributed by atoms with Crippen LogP contribution in [0.3, 0.4) is 0 Å². The Labute approximate surface area is 202 Å². The smallest absolute Gasteiger partial charge is 0.280 e. The minimum atomic E-state index is -0.505. The molecule has 7 nitrogen and oxygen atoms in total. The van der Waals surface area contributed by atoms with Gasteiger partial charge in [0.2, 0.25) is 5.96 Å². The lowest BCUT2D eigenvalue weighted by molar-refractivity contribution is 0.100. The number of benzene rings is 3. The predicted molar refractivity (Wildman–Crippen MR) is 130 cm³/mol. The van der Waals surface area contributed by atoms with Gasteiger partial charge in [0.25, 0.3) is 5.91 Å². The highest BCUT2D eigenvalue weighted by Crippen LogP contribution is 2.21. The van der Waals surface area contributed by atoms with E-state index in [1.807, 2.05) is 24.3 Å². The number of methoxy groups -OCH3 is 1. The first-order valence-electron chi connectivity index (χ1n) is 11.2. The third-order valence-electron chi connectivity index (χ3n) is 5.70. The van der Waals surface area contributed by atoms with Gasteiger partial charge in [-0.15, -0.1) is 0 Å². The lowest BCUT2D eigenvalue weighted by Crippen LogP contribution is -2.49. The summed E-state index contributed by atoms with van der Waals surface area (Å²) in [4.78, 5) is 17.1. The Morgan fingerprint density at radius 3 is 2.63 bits per heavy atom. The average molecular weight is 480 g/mol. The molecule has 1 fully saturated rings. The summed E-state index contributed by atoms with van der Waals surface area (Å²) in [5.74, 6) is -0.195. The molecular formula is C26H27F2N5O2. The summed E-state index contributed by atoms with van der Waals surface area (Å²) in [6, 6.07) is 17.9. The molecule has 35 heavy (non-hydrogen) atoms. The molecule has 3 aromatic rings. The van der Waals surface area contributed by atoms with Crippen molar-refractivity contribution in [2.75, 3.05) is 7.11 Å². The second-order valence-corrected chi connectivity index (χ2v) is 8.26. The molecule has 4 rings (SSSR count). The molecule has 0 spiro atoms. The number of aryl methyl sites for hydroxylation is 1. The van der Waals surface area contributed by atoms with Crippen LogP contribution in [0.15, 0.2) is 71.7 Å². The first kappa shape index (κ1) is 24.3. The molecule has 2 atom stereocenters. The minimum absolute atomic E-state index is 0.0526. The van der Waals surface area contributed by atoms with Crippen molar-refractivity contribution in [3.8, 4) is 5.75 Å². The Morgan fingerprint density at radius 2 is 1.89 bits per heavy atom. The maximum atomic E-state index is 13.6. The van der Waals surface area contributed by atoms with Crippen molar-refractivity contribution in [2.45, 2.75) is 32.1 Å². The van der Waals surface area contributed by atoms with Crippen molar-refractivity contribution in [3.05, 3.63) is 101 Å². The van der Waals surface area contributed by atoms with Gasteiger partial charge in [0.15, 0.2) is 0 Å². The summed E-state index contributed by atoms with van der Waals surface area (Å²) in [6.07, 6.45) is 0.361. The second kappa shape index (κ2) is 11.1. The first-order chi connectivity index (χ1) is 16.9. The van der Waals surface area contributed by atoms with Crippen LogP contribution in [0, 0.1) is 18.6 Å². The number of halogens is 2. The number of hydrogen-bond acceptors (Lipinski definition) is 4. The van der Waals surface area contributed by atoms with E-state index in [9.17, 15) is 13.6 Å². The molecule has 4 N–H and O–H groups in total.